The van der Waals surface area contributed by atoms with E-state index < -0.39 is 0 Å². The Labute approximate surface area is 73.0 Å². The molecule has 0 aromatic carbocycles. The molecule has 1 unspecified atom stereocenters. The molecular formula is C9H16O3. The molecule has 1 saturated heterocycles. The molecule has 1 heterocycles. The van der Waals surface area contributed by atoms with Gasteiger partial charge in [-0.1, -0.05) is 13.8 Å². The highest BCUT2D eigenvalue weighted by atomic mass is 16.6. The second-order valence-electron chi connectivity index (χ2n) is 3.57. The number of carbonyl (C=O) groups is 1. The molecule has 1 rings (SSSR count). The molecule has 0 aromatic rings. The summed E-state index contributed by atoms with van der Waals surface area (Å²) in [7, 11) is 0. The minimum absolute atomic E-state index is 0.0104. The normalized spacial score (nSPS) is 23.1. The van der Waals surface area contributed by atoms with Gasteiger partial charge in [0.05, 0.1) is 13.2 Å². The van der Waals surface area contributed by atoms with E-state index in [1.54, 1.807) is 0 Å². The summed E-state index contributed by atoms with van der Waals surface area (Å²) in [5.74, 6) is 0.278. The van der Waals surface area contributed by atoms with Gasteiger partial charge < -0.3 is 9.47 Å². The highest BCUT2D eigenvalue weighted by molar-refractivity contribution is 5.69. The third-order valence-electron chi connectivity index (χ3n) is 1.76. The van der Waals surface area contributed by atoms with Gasteiger partial charge in [-0.15, -0.1) is 0 Å². The largest absolute Gasteiger partial charge is 0.460 e. The average molecular weight is 172 g/mol. The fourth-order valence-electron chi connectivity index (χ4n) is 1.17. The standard InChI is InChI=1S/C9H16O3/c1-7(2)5-9(10)12-8-3-4-11-6-8/h7-8H,3-6H2,1-2H3. The van der Waals surface area contributed by atoms with Crippen molar-refractivity contribution < 1.29 is 14.3 Å². The zero-order valence-electron chi connectivity index (χ0n) is 7.71. The molecule has 0 N–H and O–H groups in total. The lowest BCUT2D eigenvalue weighted by Gasteiger charge is -2.10. The molecular weight excluding hydrogens is 156 g/mol. The maximum atomic E-state index is 11.1. The third kappa shape index (κ3) is 3.22. The molecule has 3 nitrogen and oxygen atoms in total. The summed E-state index contributed by atoms with van der Waals surface area (Å²) in [4.78, 5) is 11.1. The molecule has 1 atom stereocenters. The van der Waals surface area contributed by atoms with Crippen molar-refractivity contribution in [3.63, 3.8) is 0 Å². The second-order valence-corrected chi connectivity index (χ2v) is 3.57. The van der Waals surface area contributed by atoms with Gasteiger partial charge >= 0.3 is 5.97 Å². The van der Waals surface area contributed by atoms with Crippen molar-refractivity contribution in [2.75, 3.05) is 13.2 Å². The third-order valence-corrected chi connectivity index (χ3v) is 1.76. The van der Waals surface area contributed by atoms with Crippen molar-refractivity contribution in [1.29, 1.82) is 0 Å². The SMILES string of the molecule is CC(C)CC(=O)OC1CCOC1. The van der Waals surface area contributed by atoms with Gasteiger partial charge in [-0.2, -0.15) is 0 Å². The first kappa shape index (κ1) is 9.52. The maximum Gasteiger partial charge on any atom is 0.306 e. The lowest BCUT2D eigenvalue weighted by Crippen LogP contribution is -2.18. The lowest BCUT2D eigenvalue weighted by atomic mass is 10.1. The molecule has 0 saturated carbocycles. The van der Waals surface area contributed by atoms with Crippen LogP contribution in [-0.4, -0.2) is 25.3 Å². The molecule has 12 heavy (non-hydrogen) atoms. The molecule has 1 aliphatic rings. The van der Waals surface area contributed by atoms with Crippen molar-refractivity contribution in [2.24, 2.45) is 5.92 Å². The fourth-order valence-corrected chi connectivity index (χ4v) is 1.17. The molecule has 70 valence electrons. The van der Waals surface area contributed by atoms with Gasteiger partial charge in [0.25, 0.3) is 0 Å². The summed E-state index contributed by atoms with van der Waals surface area (Å²) in [6.45, 7) is 5.31. The van der Waals surface area contributed by atoms with Gasteiger partial charge in [0.1, 0.15) is 6.10 Å². The Bertz CT molecular complexity index is 148. The molecule has 0 amide bonds. The molecule has 0 spiro atoms. The lowest BCUT2D eigenvalue weighted by molar-refractivity contribution is -0.149. The van der Waals surface area contributed by atoms with Crippen LogP contribution in [0.2, 0.25) is 0 Å². The van der Waals surface area contributed by atoms with Crippen molar-refractivity contribution in [1.82, 2.24) is 0 Å². The van der Waals surface area contributed by atoms with Gasteiger partial charge in [-0.3, -0.25) is 4.79 Å². The van der Waals surface area contributed by atoms with Crippen LogP contribution in [0.15, 0.2) is 0 Å². The van der Waals surface area contributed by atoms with E-state index in [2.05, 4.69) is 0 Å². The molecule has 1 fully saturated rings. The molecule has 0 aromatic heterocycles. The van der Waals surface area contributed by atoms with Gasteiger partial charge in [0, 0.05) is 12.8 Å². The summed E-state index contributed by atoms with van der Waals surface area (Å²) in [6, 6.07) is 0. The Kier molecular flexibility index (Phi) is 3.53. The molecule has 0 aliphatic carbocycles. The van der Waals surface area contributed by atoms with Crippen LogP contribution >= 0.6 is 0 Å². The number of esters is 1. The van der Waals surface area contributed by atoms with Crippen LogP contribution < -0.4 is 0 Å². The van der Waals surface area contributed by atoms with Crippen LogP contribution in [-0.2, 0) is 14.3 Å². The van der Waals surface area contributed by atoms with E-state index in [0.29, 0.717) is 18.9 Å². The van der Waals surface area contributed by atoms with Gasteiger partial charge in [-0.05, 0) is 5.92 Å². The summed E-state index contributed by atoms with van der Waals surface area (Å²) >= 11 is 0. The van der Waals surface area contributed by atoms with E-state index in [-0.39, 0.29) is 12.1 Å². The van der Waals surface area contributed by atoms with Crippen molar-refractivity contribution in [2.45, 2.75) is 32.8 Å². The number of rotatable bonds is 3. The first-order valence-electron chi connectivity index (χ1n) is 4.45. The highest BCUT2D eigenvalue weighted by Crippen LogP contribution is 2.10. The molecule has 0 bridgehead atoms. The molecule has 1 aliphatic heterocycles. The van der Waals surface area contributed by atoms with Crippen LogP contribution in [0.1, 0.15) is 26.7 Å². The van der Waals surface area contributed by atoms with Crippen LogP contribution in [0, 0.1) is 5.92 Å². The zero-order valence-corrected chi connectivity index (χ0v) is 7.71. The van der Waals surface area contributed by atoms with E-state index in [0.717, 1.165) is 13.0 Å². The summed E-state index contributed by atoms with van der Waals surface area (Å²) in [5.41, 5.74) is 0. The van der Waals surface area contributed by atoms with Crippen LogP contribution in [0.4, 0.5) is 0 Å². The summed E-state index contributed by atoms with van der Waals surface area (Å²) in [5, 5.41) is 0. The summed E-state index contributed by atoms with van der Waals surface area (Å²) < 4.78 is 10.2. The van der Waals surface area contributed by atoms with Crippen molar-refractivity contribution in [3.05, 3.63) is 0 Å². The number of hydrogen-bond donors (Lipinski definition) is 0. The Morgan fingerprint density at radius 1 is 1.67 bits per heavy atom. The molecule has 0 radical (unpaired) electrons. The highest BCUT2D eigenvalue weighted by Gasteiger charge is 2.19. The topological polar surface area (TPSA) is 35.5 Å². The smallest absolute Gasteiger partial charge is 0.306 e. The van der Waals surface area contributed by atoms with Gasteiger partial charge in [-0.25, -0.2) is 0 Å². The zero-order chi connectivity index (χ0) is 8.97. The first-order chi connectivity index (χ1) is 5.68. The van der Waals surface area contributed by atoms with Crippen molar-refractivity contribution in [3.8, 4) is 0 Å². The minimum atomic E-state index is -0.0968. The van der Waals surface area contributed by atoms with Crippen LogP contribution in [0.25, 0.3) is 0 Å². The molecule has 3 heteroatoms. The number of carbonyl (C=O) groups excluding carboxylic acids is 1. The monoisotopic (exact) mass is 172 g/mol. The first-order valence-corrected chi connectivity index (χ1v) is 4.45. The average Bonchev–Trinajstić information content (AvgIpc) is 2.37. The predicted molar refractivity (Wildman–Crippen MR) is 44.8 cm³/mol. The quantitative estimate of drug-likeness (QED) is 0.603. The van der Waals surface area contributed by atoms with Crippen LogP contribution in [0.3, 0.4) is 0 Å². The van der Waals surface area contributed by atoms with E-state index >= 15 is 0 Å². The Morgan fingerprint density at radius 3 is 2.92 bits per heavy atom. The van der Waals surface area contributed by atoms with Gasteiger partial charge in [0.15, 0.2) is 0 Å². The Hall–Kier alpha value is -0.570. The van der Waals surface area contributed by atoms with Gasteiger partial charge in [0.2, 0.25) is 0 Å². The summed E-state index contributed by atoms with van der Waals surface area (Å²) in [6.07, 6.45) is 1.37. The van der Waals surface area contributed by atoms with E-state index in [4.69, 9.17) is 9.47 Å². The van der Waals surface area contributed by atoms with Crippen LogP contribution in [0.5, 0.6) is 0 Å². The Morgan fingerprint density at radius 2 is 2.42 bits per heavy atom. The maximum absolute atomic E-state index is 11.1. The van der Waals surface area contributed by atoms with E-state index in [9.17, 15) is 4.79 Å². The second kappa shape index (κ2) is 4.45. The van der Waals surface area contributed by atoms with E-state index in [1.807, 2.05) is 13.8 Å². The van der Waals surface area contributed by atoms with Crippen molar-refractivity contribution >= 4 is 5.97 Å². The number of hydrogen-bond acceptors (Lipinski definition) is 3. The Balaban J connectivity index is 2.16. The minimum Gasteiger partial charge on any atom is -0.460 e. The van der Waals surface area contributed by atoms with E-state index in [1.165, 1.54) is 0 Å². The number of ether oxygens (including phenoxy) is 2. The predicted octanol–water partition coefficient (Wildman–Crippen LogP) is 1.36. The fraction of sp³-hybridized carbons (Fsp3) is 0.889.